The van der Waals surface area contributed by atoms with Crippen molar-refractivity contribution < 1.29 is 18.4 Å². The van der Waals surface area contributed by atoms with Gasteiger partial charge in [0.2, 0.25) is 0 Å². The van der Waals surface area contributed by atoms with Gasteiger partial charge >= 0.3 is 0 Å². The normalized spacial score (nSPS) is 17.1. The number of hydrogen-bond donors (Lipinski definition) is 2. The van der Waals surface area contributed by atoms with E-state index in [-0.39, 0.29) is 11.7 Å². The number of rotatable bonds is 4. The van der Waals surface area contributed by atoms with Crippen LogP contribution in [0.1, 0.15) is 27.9 Å². The number of carbonyl (C=O) groups excluding carboxylic acids is 1. The average molecular weight is 345 g/mol. The molecule has 0 spiro atoms. The predicted molar refractivity (Wildman–Crippen MR) is 89.7 cm³/mol. The summed E-state index contributed by atoms with van der Waals surface area (Å²) in [4.78, 5) is 11.9. The SMILES string of the molecule is O=C(NO)c1ccc2c(c1)CC(CS(=O)(=O)c1ccccc1)CC2. The lowest BCUT2D eigenvalue weighted by Gasteiger charge is -2.25. The number of benzene rings is 2. The molecule has 2 N–H and O–H groups in total. The second-order valence-electron chi connectivity index (χ2n) is 6.13. The van der Waals surface area contributed by atoms with Crippen molar-refractivity contribution in [1.29, 1.82) is 0 Å². The topological polar surface area (TPSA) is 83.5 Å². The highest BCUT2D eigenvalue weighted by molar-refractivity contribution is 7.91. The van der Waals surface area contributed by atoms with Gasteiger partial charge in [-0.25, -0.2) is 13.9 Å². The van der Waals surface area contributed by atoms with Gasteiger partial charge in [0.05, 0.1) is 10.6 Å². The fraction of sp³-hybridized carbons (Fsp3) is 0.278. The molecule has 1 atom stereocenters. The molecule has 126 valence electrons. The van der Waals surface area contributed by atoms with Gasteiger partial charge in [0, 0.05) is 5.56 Å². The summed E-state index contributed by atoms with van der Waals surface area (Å²) in [5.41, 5.74) is 4.12. The first-order valence-electron chi connectivity index (χ1n) is 7.83. The Morgan fingerprint density at radius 3 is 2.58 bits per heavy atom. The largest absolute Gasteiger partial charge is 0.288 e. The van der Waals surface area contributed by atoms with Crippen molar-refractivity contribution >= 4 is 15.7 Å². The van der Waals surface area contributed by atoms with Crippen molar-refractivity contribution in [2.24, 2.45) is 5.92 Å². The van der Waals surface area contributed by atoms with Crippen molar-refractivity contribution in [2.45, 2.75) is 24.2 Å². The molecule has 24 heavy (non-hydrogen) atoms. The van der Waals surface area contributed by atoms with E-state index in [2.05, 4.69) is 0 Å². The molecule has 3 rings (SSSR count). The van der Waals surface area contributed by atoms with Gasteiger partial charge in [-0.3, -0.25) is 10.0 Å². The van der Waals surface area contributed by atoms with Crippen LogP contribution in [0.4, 0.5) is 0 Å². The molecule has 1 amide bonds. The fourth-order valence-electron chi connectivity index (χ4n) is 3.21. The molecule has 0 bridgehead atoms. The van der Waals surface area contributed by atoms with E-state index in [1.165, 1.54) is 0 Å². The van der Waals surface area contributed by atoms with Crippen LogP contribution in [-0.4, -0.2) is 25.3 Å². The van der Waals surface area contributed by atoms with Crippen LogP contribution in [0.3, 0.4) is 0 Å². The van der Waals surface area contributed by atoms with Crippen LogP contribution in [0.25, 0.3) is 0 Å². The van der Waals surface area contributed by atoms with Gasteiger partial charge in [0.1, 0.15) is 0 Å². The Hall–Kier alpha value is -2.18. The smallest absolute Gasteiger partial charge is 0.274 e. The molecule has 0 saturated carbocycles. The van der Waals surface area contributed by atoms with Gasteiger partial charge < -0.3 is 0 Å². The zero-order valence-electron chi connectivity index (χ0n) is 13.1. The molecule has 0 saturated heterocycles. The maximum Gasteiger partial charge on any atom is 0.274 e. The fourth-order valence-corrected chi connectivity index (χ4v) is 4.88. The Kier molecular flexibility index (Phi) is 4.69. The minimum absolute atomic E-state index is 0.0233. The molecule has 0 fully saturated rings. The molecule has 2 aromatic rings. The molecule has 2 aromatic carbocycles. The Morgan fingerprint density at radius 1 is 1.12 bits per heavy atom. The van der Waals surface area contributed by atoms with Crippen LogP contribution in [-0.2, 0) is 22.7 Å². The molecule has 1 aliphatic rings. The van der Waals surface area contributed by atoms with Crippen molar-refractivity contribution in [2.75, 3.05) is 5.75 Å². The summed E-state index contributed by atoms with van der Waals surface area (Å²) < 4.78 is 25.1. The first kappa shape index (κ1) is 16.7. The van der Waals surface area contributed by atoms with Crippen LogP contribution in [0.5, 0.6) is 0 Å². The maximum atomic E-state index is 12.5. The van der Waals surface area contributed by atoms with Crippen LogP contribution in [0.2, 0.25) is 0 Å². The summed E-state index contributed by atoms with van der Waals surface area (Å²) in [5.74, 6) is -0.431. The van der Waals surface area contributed by atoms with Crippen molar-refractivity contribution in [1.82, 2.24) is 5.48 Å². The lowest BCUT2D eigenvalue weighted by atomic mass is 9.84. The van der Waals surface area contributed by atoms with E-state index in [4.69, 9.17) is 5.21 Å². The molecular weight excluding hydrogens is 326 g/mol. The summed E-state index contributed by atoms with van der Waals surface area (Å²) in [6, 6.07) is 13.8. The van der Waals surface area contributed by atoms with E-state index in [0.29, 0.717) is 16.9 Å². The third-order valence-corrected chi connectivity index (χ3v) is 6.36. The molecule has 1 aliphatic carbocycles. The molecule has 0 aromatic heterocycles. The van der Waals surface area contributed by atoms with E-state index in [1.807, 2.05) is 6.07 Å². The number of sulfone groups is 1. The Morgan fingerprint density at radius 2 is 1.88 bits per heavy atom. The van der Waals surface area contributed by atoms with Gasteiger partial charge in [-0.1, -0.05) is 24.3 Å². The Bertz CT molecular complexity index is 847. The Labute approximate surface area is 141 Å². The molecule has 1 unspecified atom stereocenters. The van der Waals surface area contributed by atoms with E-state index >= 15 is 0 Å². The molecule has 0 heterocycles. The Balaban J connectivity index is 1.78. The number of fused-ring (bicyclic) bond motifs is 1. The zero-order valence-corrected chi connectivity index (χ0v) is 13.9. The molecular formula is C18H19NO4S. The second kappa shape index (κ2) is 6.75. The van der Waals surface area contributed by atoms with Gasteiger partial charge in [-0.15, -0.1) is 0 Å². The van der Waals surface area contributed by atoms with Crippen molar-refractivity contribution in [3.8, 4) is 0 Å². The van der Waals surface area contributed by atoms with Gasteiger partial charge in [-0.2, -0.15) is 0 Å². The summed E-state index contributed by atoms with van der Waals surface area (Å²) in [5, 5.41) is 8.74. The van der Waals surface area contributed by atoms with Gasteiger partial charge in [0.15, 0.2) is 9.84 Å². The maximum absolute atomic E-state index is 12.5. The number of nitrogens with one attached hydrogen (secondary N) is 1. The van der Waals surface area contributed by atoms with E-state index in [0.717, 1.165) is 24.0 Å². The predicted octanol–water partition coefficient (Wildman–Crippen LogP) is 2.38. The van der Waals surface area contributed by atoms with E-state index < -0.39 is 15.7 Å². The number of hydrogen-bond acceptors (Lipinski definition) is 4. The quantitative estimate of drug-likeness (QED) is 0.658. The number of hydroxylamine groups is 1. The monoisotopic (exact) mass is 345 g/mol. The molecule has 0 aliphatic heterocycles. The highest BCUT2D eigenvalue weighted by Gasteiger charge is 2.25. The van der Waals surface area contributed by atoms with E-state index in [9.17, 15) is 13.2 Å². The van der Waals surface area contributed by atoms with Crippen molar-refractivity contribution in [3.05, 3.63) is 65.2 Å². The first-order valence-corrected chi connectivity index (χ1v) is 9.49. The first-order chi connectivity index (χ1) is 11.5. The minimum atomic E-state index is -3.31. The highest BCUT2D eigenvalue weighted by atomic mass is 32.2. The third-order valence-electron chi connectivity index (χ3n) is 4.46. The summed E-state index contributed by atoms with van der Waals surface area (Å²) in [6.07, 6.45) is 2.23. The van der Waals surface area contributed by atoms with E-state index in [1.54, 1.807) is 47.9 Å². The lowest BCUT2D eigenvalue weighted by molar-refractivity contribution is 0.0706. The van der Waals surface area contributed by atoms with Crippen LogP contribution in [0, 0.1) is 5.92 Å². The van der Waals surface area contributed by atoms with Crippen LogP contribution < -0.4 is 5.48 Å². The summed E-state index contributed by atoms with van der Waals surface area (Å²) in [6.45, 7) is 0. The third kappa shape index (κ3) is 3.49. The number of amides is 1. The second-order valence-corrected chi connectivity index (χ2v) is 8.16. The molecule has 0 radical (unpaired) electrons. The standard InChI is InChI=1S/C18H19NO4S/c20-18(19-21)15-9-8-14-7-6-13(10-16(14)11-15)12-24(22,23)17-4-2-1-3-5-17/h1-5,8-9,11,13,21H,6-7,10,12H2,(H,19,20). The lowest BCUT2D eigenvalue weighted by Crippen LogP contribution is -2.24. The average Bonchev–Trinajstić information content (AvgIpc) is 2.61. The highest BCUT2D eigenvalue weighted by Crippen LogP contribution is 2.29. The van der Waals surface area contributed by atoms with Crippen LogP contribution >= 0.6 is 0 Å². The zero-order chi connectivity index (χ0) is 17.2. The van der Waals surface area contributed by atoms with Gasteiger partial charge in [0.25, 0.3) is 5.91 Å². The number of aryl methyl sites for hydroxylation is 1. The number of carbonyl (C=O) groups is 1. The summed E-state index contributed by atoms with van der Waals surface area (Å²) in [7, 11) is -3.31. The van der Waals surface area contributed by atoms with Crippen molar-refractivity contribution in [3.63, 3.8) is 0 Å². The van der Waals surface area contributed by atoms with Crippen LogP contribution in [0.15, 0.2) is 53.4 Å². The minimum Gasteiger partial charge on any atom is -0.288 e. The summed E-state index contributed by atoms with van der Waals surface area (Å²) >= 11 is 0. The molecule has 5 nitrogen and oxygen atoms in total. The van der Waals surface area contributed by atoms with Gasteiger partial charge in [-0.05, 0) is 60.6 Å². The molecule has 6 heteroatoms.